The number of anilines is 5. The number of hydrogen-bond donors (Lipinski definition) is 3. The van der Waals surface area contributed by atoms with Gasteiger partial charge in [-0.15, -0.1) is 0 Å². The highest BCUT2D eigenvalue weighted by atomic mass is 16.2. The summed E-state index contributed by atoms with van der Waals surface area (Å²) in [5.41, 5.74) is 4.84. The van der Waals surface area contributed by atoms with Crippen molar-refractivity contribution in [1.82, 2.24) is 9.97 Å². The lowest BCUT2D eigenvalue weighted by molar-refractivity contribution is -0.123. The average molecular weight is 404 g/mol. The molecule has 30 heavy (non-hydrogen) atoms. The number of aryl methyl sites for hydroxylation is 3. The van der Waals surface area contributed by atoms with E-state index in [1.807, 2.05) is 90.1 Å². The van der Waals surface area contributed by atoms with Crippen LogP contribution in [-0.4, -0.2) is 15.9 Å². The highest BCUT2D eigenvalue weighted by Gasteiger charge is 2.24. The van der Waals surface area contributed by atoms with Crippen molar-refractivity contribution in [3.05, 3.63) is 65.4 Å². The van der Waals surface area contributed by atoms with Crippen molar-refractivity contribution in [2.24, 2.45) is 5.41 Å². The fraction of sp³-hybridized carbons (Fsp3) is 0.292. The van der Waals surface area contributed by atoms with E-state index in [1.165, 1.54) is 11.1 Å². The summed E-state index contributed by atoms with van der Waals surface area (Å²) in [4.78, 5) is 21.9. The minimum atomic E-state index is -0.535. The summed E-state index contributed by atoms with van der Waals surface area (Å²) < 4.78 is 0. The zero-order valence-corrected chi connectivity index (χ0v) is 18.4. The van der Waals surface area contributed by atoms with E-state index in [-0.39, 0.29) is 5.91 Å². The molecule has 0 saturated heterocycles. The number of hydrogen-bond acceptors (Lipinski definition) is 5. The van der Waals surface area contributed by atoms with Gasteiger partial charge in [0.25, 0.3) is 0 Å². The van der Waals surface area contributed by atoms with Crippen molar-refractivity contribution in [3.63, 3.8) is 0 Å². The number of rotatable bonds is 5. The second-order valence-electron chi connectivity index (χ2n) is 8.54. The SMILES string of the molecule is Cc1ccc(Nc2nc(C)c(NC(=O)C(C)(C)C)c(Nc3ccc(C)cc3)n2)cc1. The first kappa shape index (κ1) is 21.3. The molecule has 3 N–H and O–H groups in total. The molecule has 0 aliphatic carbocycles. The van der Waals surface area contributed by atoms with Crippen LogP contribution >= 0.6 is 0 Å². The van der Waals surface area contributed by atoms with Gasteiger partial charge >= 0.3 is 0 Å². The third-order valence-electron chi connectivity index (χ3n) is 4.63. The van der Waals surface area contributed by atoms with Crippen LogP contribution in [-0.2, 0) is 4.79 Å². The minimum Gasteiger partial charge on any atom is -0.338 e. The molecule has 6 nitrogen and oxygen atoms in total. The Hall–Kier alpha value is -3.41. The maximum Gasteiger partial charge on any atom is 0.229 e. The molecule has 0 bridgehead atoms. The summed E-state index contributed by atoms with van der Waals surface area (Å²) in [6, 6.07) is 16.0. The van der Waals surface area contributed by atoms with Crippen molar-refractivity contribution in [2.45, 2.75) is 41.5 Å². The van der Waals surface area contributed by atoms with Crippen LogP contribution in [0.2, 0.25) is 0 Å². The van der Waals surface area contributed by atoms with E-state index in [2.05, 4.69) is 25.9 Å². The lowest BCUT2D eigenvalue weighted by Gasteiger charge is -2.21. The minimum absolute atomic E-state index is 0.0969. The molecule has 0 aliphatic rings. The van der Waals surface area contributed by atoms with E-state index in [1.54, 1.807) is 0 Å². The Labute approximate surface area is 178 Å². The first-order valence-corrected chi connectivity index (χ1v) is 9.99. The lowest BCUT2D eigenvalue weighted by Crippen LogP contribution is -2.28. The van der Waals surface area contributed by atoms with Crippen molar-refractivity contribution in [1.29, 1.82) is 0 Å². The summed E-state index contributed by atoms with van der Waals surface area (Å²) in [5, 5.41) is 9.56. The molecule has 1 aromatic heterocycles. The van der Waals surface area contributed by atoms with Crippen LogP contribution in [0, 0.1) is 26.2 Å². The summed E-state index contributed by atoms with van der Waals surface area (Å²) >= 11 is 0. The molecule has 1 amide bonds. The van der Waals surface area contributed by atoms with Gasteiger partial charge in [-0.05, 0) is 45.0 Å². The third-order valence-corrected chi connectivity index (χ3v) is 4.63. The molecule has 0 spiro atoms. The van der Waals surface area contributed by atoms with Crippen molar-refractivity contribution < 1.29 is 4.79 Å². The number of carbonyl (C=O) groups excluding carboxylic acids is 1. The first-order chi connectivity index (χ1) is 14.1. The predicted octanol–water partition coefficient (Wildman–Crippen LogP) is 5.87. The van der Waals surface area contributed by atoms with Crippen molar-refractivity contribution in [3.8, 4) is 0 Å². The van der Waals surface area contributed by atoms with E-state index in [0.29, 0.717) is 23.1 Å². The van der Waals surface area contributed by atoms with E-state index < -0.39 is 5.41 Å². The maximum atomic E-state index is 12.6. The van der Waals surface area contributed by atoms with E-state index >= 15 is 0 Å². The zero-order valence-electron chi connectivity index (χ0n) is 18.4. The Balaban J connectivity index is 1.98. The van der Waals surface area contributed by atoms with Gasteiger partial charge in [-0.3, -0.25) is 4.79 Å². The molecular weight excluding hydrogens is 374 g/mol. The summed E-state index contributed by atoms with van der Waals surface area (Å²) in [6.07, 6.45) is 0. The molecule has 0 aliphatic heterocycles. The van der Waals surface area contributed by atoms with Gasteiger partial charge in [-0.1, -0.05) is 56.2 Å². The molecule has 0 radical (unpaired) electrons. The van der Waals surface area contributed by atoms with Gasteiger partial charge in [0.05, 0.1) is 5.69 Å². The Kier molecular flexibility index (Phi) is 6.06. The van der Waals surface area contributed by atoms with Gasteiger partial charge in [0.1, 0.15) is 5.69 Å². The van der Waals surface area contributed by atoms with Crippen LogP contribution in [0.5, 0.6) is 0 Å². The lowest BCUT2D eigenvalue weighted by atomic mass is 9.95. The van der Waals surface area contributed by atoms with Gasteiger partial charge in [-0.2, -0.15) is 4.98 Å². The van der Waals surface area contributed by atoms with Crippen LogP contribution < -0.4 is 16.0 Å². The molecule has 6 heteroatoms. The molecule has 3 aromatic rings. The maximum absolute atomic E-state index is 12.6. The fourth-order valence-corrected chi connectivity index (χ4v) is 2.71. The number of carbonyl (C=O) groups is 1. The summed E-state index contributed by atoms with van der Waals surface area (Å²) in [6.45, 7) is 11.6. The Morgan fingerprint density at radius 3 is 1.77 bits per heavy atom. The van der Waals surface area contributed by atoms with Crippen LogP contribution in [0.4, 0.5) is 28.8 Å². The fourth-order valence-electron chi connectivity index (χ4n) is 2.71. The van der Waals surface area contributed by atoms with Gasteiger partial charge in [-0.25, -0.2) is 4.98 Å². The number of nitrogens with zero attached hydrogens (tertiary/aromatic N) is 2. The molecule has 0 unspecified atom stereocenters. The van der Waals surface area contributed by atoms with Gasteiger partial charge in [0.2, 0.25) is 11.9 Å². The van der Waals surface area contributed by atoms with Crippen LogP contribution in [0.15, 0.2) is 48.5 Å². The van der Waals surface area contributed by atoms with E-state index in [4.69, 9.17) is 0 Å². The second kappa shape index (κ2) is 8.53. The van der Waals surface area contributed by atoms with Gasteiger partial charge in [0.15, 0.2) is 5.82 Å². The Morgan fingerprint density at radius 1 is 0.767 bits per heavy atom. The average Bonchev–Trinajstić information content (AvgIpc) is 2.67. The standard InChI is InChI=1S/C24H29N5O/c1-15-7-11-18(12-8-15)26-21-20(28-22(30)24(4,5)6)17(3)25-23(29-21)27-19-13-9-16(2)10-14-19/h7-14H,1-6H3,(H,28,30)(H2,25,26,27,29). The predicted molar refractivity (Wildman–Crippen MR) is 124 cm³/mol. The smallest absolute Gasteiger partial charge is 0.229 e. The van der Waals surface area contributed by atoms with E-state index in [0.717, 1.165) is 11.4 Å². The Morgan fingerprint density at radius 2 is 1.27 bits per heavy atom. The highest BCUT2D eigenvalue weighted by Crippen LogP contribution is 2.30. The second-order valence-corrected chi connectivity index (χ2v) is 8.54. The molecule has 0 saturated carbocycles. The number of nitrogens with one attached hydrogen (secondary N) is 3. The topological polar surface area (TPSA) is 78.9 Å². The van der Waals surface area contributed by atoms with Crippen LogP contribution in [0.3, 0.4) is 0 Å². The monoisotopic (exact) mass is 403 g/mol. The van der Waals surface area contributed by atoms with E-state index in [9.17, 15) is 4.79 Å². The highest BCUT2D eigenvalue weighted by molar-refractivity contribution is 5.98. The molecule has 0 atom stereocenters. The number of amides is 1. The largest absolute Gasteiger partial charge is 0.338 e. The summed E-state index contributed by atoms with van der Waals surface area (Å²) in [5.74, 6) is 0.902. The van der Waals surface area contributed by atoms with Crippen molar-refractivity contribution >= 4 is 34.7 Å². The number of benzene rings is 2. The van der Waals surface area contributed by atoms with Crippen LogP contribution in [0.25, 0.3) is 0 Å². The van der Waals surface area contributed by atoms with Gasteiger partial charge in [0, 0.05) is 16.8 Å². The molecule has 2 aromatic carbocycles. The first-order valence-electron chi connectivity index (χ1n) is 9.99. The van der Waals surface area contributed by atoms with Crippen molar-refractivity contribution in [2.75, 3.05) is 16.0 Å². The molecule has 3 rings (SSSR count). The third kappa shape index (κ3) is 5.35. The quantitative estimate of drug-likeness (QED) is 0.496. The number of aromatic nitrogens is 2. The Bertz CT molecular complexity index is 1030. The molecule has 1 heterocycles. The van der Waals surface area contributed by atoms with Crippen LogP contribution in [0.1, 0.15) is 37.6 Å². The molecular formula is C24H29N5O. The molecule has 0 fully saturated rings. The normalized spacial score (nSPS) is 11.1. The summed E-state index contributed by atoms with van der Waals surface area (Å²) in [7, 11) is 0. The molecule has 156 valence electrons. The van der Waals surface area contributed by atoms with Gasteiger partial charge < -0.3 is 16.0 Å². The zero-order chi connectivity index (χ0) is 21.9.